The maximum atomic E-state index is 9.24. The van der Waals surface area contributed by atoms with Crippen LogP contribution in [0.4, 0.5) is 0 Å². The highest BCUT2D eigenvalue weighted by Crippen LogP contribution is 2.35. The summed E-state index contributed by atoms with van der Waals surface area (Å²) in [6.07, 6.45) is 0. The lowest BCUT2D eigenvalue weighted by molar-refractivity contribution is 0.414. The minimum Gasteiger partial charge on any atom is -0.508 e. The van der Waals surface area contributed by atoms with E-state index in [2.05, 4.69) is 0 Å². The molecule has 66 valence electrons. The van der Waals surface area contributed by atoms with Crippen LogP contribution in [-0.2, 0) is 0 Å². The molecule has 0 fully saturated rings. The molecule has 4 nitrogen and oxygen atoms in total. The average molecular weight is 169 g/mol. The van der Waals surface area contributed by atoms with Crippen LogP contribution in [0.15, 0.2) is 12.1 Å². The molecule has 0 saturated heterocycles. The van der Waals surface area contributed by atoms with Crippen molar-refractivity contribution in [2.75, 3.05) is 0 Å². The van der Waals surface area contributed by atoms with Crippen LogP contribution < -0.4 is 5.73 Å². The molecule has 0 heterocycles. The predicted octanol–water partition coefficient (Wildman–Crippen LogP) is 0.823. The van der Waals surface area contributed by atoms with Gasteiger partial charge in [-0.2, -0.15) is 0 Å². The molecular weight excluding hydrogens is 158 g/mol. The smallest absolute Gasteiger partial charge is 0.127 e. The molecule has 1 aromatic rings. The van der Waals surface area contributed by atoms with Crippen molar-refractivity contribution in [1.82, 2.24) is 0 Å². The molecule has 5 N–H and O–H groups in total. The van der Waals surface area contributed by atoms with Gasteiger partial charge in [0, 0.05) is 18.2 Å². The maximum Gasteiger partial charge on any atom is 0.127 e. The first-order valence-corrected chi connectivity index (χ1v) is 3.52. The Balaban J connectivity index is 3.28. The van der Waals surface area contributed by atoms with Crippen molar-refractivity contribution in [3.05, 3.63) is 17.7 Å². The highest BCUT2D eigenvalue weighted by molar-refractivity contribution is 5.49. The van der Waals surface area contributed by atoms with Crippen molar-refractivity contribution < 1.29 is 15.3 Å². The van der Waals surface area contributed by atoms with Crippen LogP contribution in [-0.4, -0.2) is 15.3 Å². The van der Waals surface area contributed by atoms with Crippen LogP contribution in [0.25, 0.3) is 0 Å². The normalized spacial score (nSPS) is 12.8. The monoisotopic (exact) mass is 169 g/mol. The Kier molecular flexibility index (Phi) is 2.10. The number of phenols is 3. The summed E-state index contributed by atoms with van der Waals surface area (Å²) >= 11 is 0. The first-order valence-electron chi connectivity index (χ1n) is 3.52. The average Bonchev–Trinajstić information content (AvgIpc) is 1.82. The molecule has 4 heteroatoms. The van der Waals surface area contributed by atoms with Crippen LogP contribution >= 0.6 is 0 Å². The molecule has 0 radical (unpaired) electrons. The molecule has 12 heavy (non-hydrogen) atoms. The van der Waals surface area contributed by atoms with Gasteiger partial charge in [-0.15, -0.1) is 0 Å². The fourth-order valence-electron chi connectivity index (χ4n) is 1.08. The van der Waals surface area contributed by atoms with Crippen molar-refractivity contribution in [3.8, 4) is 17.2 Å². The Hall–Kier alpha value is -1.42. The fourth-order valence-corrected chi connectivity index (χ4v) is 1.08. The maximum absolute atomic E-state index is 9.24. The highest BCUT2D eigenvalue weighted by Gasteiger charge is 2.12. The zero-order valence-corrected chi connectivity index (χ0v) is 6.65. The second kappa shape index (κ2) is 2.91. The summed E-state index contributed by atoms with van der Waals surface area (Å²) in [4.78, 5) is 0. The quantitative estimate of drug-likeness (QED) is 0.501. The Morgan fingerprint density at radius 1 is 1.17 bits per heavy atom. The second-order valence-corrected chi connectivity index (χ2v) is 2.69. The van der Waals surface area contributed by atoms with E-state index in [0.29, 0.717) is 0 Å². The van der Waals surface area contributed by atoms with E-state index < -0.39 is 6.04 Å². The van der Waals surface area contributed by atoms with E-state index in [4.69, 9.17) is 10.8 Å². The van der Waals surface area contributed by atoms with Gasteiger partial charge < -0.3 is 21.1 Å². The number of benzene rings is 1. The van der Waals surface area contributed by atoms with Gasteiger partial charge in [0.2, 0.25) is 0 Å². The van der Waals surface area contributed by atoms with E-state index >= 15 is 0 Å². The van der Waals surface area contributed by atoms with Crippen LogP contribution in [0.1, 0.15) is 18.5 Å². The molecule has 1 rings (SSSR count). The largest absolute Gasteiger partial charge is 0.508 e. The zero-order chi connectivity index (χ0) is 9.30. The van der Waals surface area contributed by atoms with Crippen molar-refractivity contribution in [2.24, 2.45) is 5.73 Å². The van der Waals surface area contributed by atoms with E-state index in [0.717, 1.165) is 12.1 Å². The number of hydrogen-bond donors (Lipinski definition) is 4. The lowest BCUT2D eigenvalue weighted by atomic mass is 10.1. The highest BCUT2D eigenvalue weighted by atomic mass is 16.3. The van der Waals surface area contributed by atoms with Gasteiger partial charge >= 0.3 is 0 Å². The van der Waals surface area contributed by atoms with Gasteiger partial charge in [0.05, 0.1) is 5.56 Å². The minimum absolute atomic E-state index is 0.186. The molecular formula is C8H11NO3. The van der Waals surface area contributed by atoms with E-state index in [-0.39, 0.29) is 22.8 Å². The van der Waals surface area contributed by atoms with Crippen LogP contribution in [0, 0.1) is 0 Å². The third-order valence-corrected chi connectivity index (χ3v) is 1.58. The van der Waals surface area contributed by atoms with Gasteiger partial charge in [-0.3, -0.25) is 0 Å². The summed E-state index contributed by atoms with van der Waals surface area (Å²) in [5.74, 6) is -0.570. The minimum atomic E-state index is -0.467. The summed E-state index contributed by atoms with van der Waals surface area (Å²) in [6, 6.07) is 1.81. The third-order valence-electron chi connectivity index (χ3n) is 1.58. The van der Waals surface area contributed by atoms with E-state index in [1.165, 1.54) is 0 Å². The first-order chi connectivity index (χ1) is 5.52. The van der Waals surface area contributed by atoms with Crippen LogP contribution in [0.2, 0.25) is 0 Å². The lowest BCUT2D eigenvalue weighted by Gasteiger charge is -2.10. The van der Waals surface area contributed by atoms with Gasteiger partial charge in [0.25, 0.3) is 0 Å². The Morgan fingerprint density at radius 3 is 1.92 bits per heavy atom. The molecule has 1 aromatic carbocycles. The molecule has 0 bridgehead atoms. The summed E-state index contributed by atoms with van der Waals surface area (Å²) in [5, 5.41) is 27.4. The standard InChI is InChI=1S/C8H11NO3/c1-4(9)8-6(11)2-5(10)3-7(8)12/h2-4,10-12H,9H2,1H3. The van der Waals surface area contributed by atoms with Gasteiger partial charge in [-0.05, 0) is 6.92 Å². The predicted molar refractivity (Wildman–Crippen MR) is 44.0 cm³/mol. The lowest BCUT2D eigenvalue weighted by Crippen LogP contribution is -2.05. The van der Waals surface area contributed by atoms with Crippen molar-refractivity contribution >= 4 is 0 Å². The number of aromatic hydroxyl groups is 3. The summed E-state index contributed by atoms with van der Waals surface area (Å²) < 4.78 is 0. The van der Waals surface area contributed by atoms with E-state index in [9.17, 15) is 10.2 Å². The van der Waals surface area contributed by atoms with Gasteiger partial charge in [0.15, 0.2) is 0 Å². The molecule has 0 aliphatic heterocycles. The van der Waals surface area contributed by atoms with Crippen LogP contribution in [0.5, 0.6) is 17.2 Å². The SMILES string of the molecule is CC(N)c1c(O)cc(O)cc1O. The van der Waals surface area contributed by atoms with Crippen LogP contribution in [0.3, 0.4) is 0 Å². The zero-order valence-electron chi connectivity index (χ0n) is 6.65. The van der Waals surface area contributed by atoms with Gasteiger partial charge in [-0.1, -0.05) is 0 Å². The molecule has 1 atom stereocenters. The summed E-state index contributed by atoms with van der Waals surface area (Å²) in [6.45, 7) is 1.63. The third kappa shape index (κ3) is 1.43. The fraction of sp³-hybridized carbons (Fsp3) is 0.250. The molecule has 0 aliphatic rings. The first kappa shape index (κ1) is 8.67. The molecule has 0 saturated carbocycles. The molecule has 0 spiro atoms. The number of hydrogen-bond acceptors (Lipinski definition) is 4. The van der Waals surface area contributed by atoms with Crippen molar-refractivity contribution in [2.45, 2.75) is 13.0 Å². The Labute approximate surface area is 69.9 Å². The van der Waals surface area contributed by atoms with Crippen molar-refractivity contribution in [1.29, 1.82) is 0 Å². The number of nitrogens with two attached hydrogens (primary N) is 1. The second-order valence-electron chi connectivity index (χ2n) is 2.69. The number of rotatable bonds is 1. The van der Waals surface area contributed by atoms with Gasteiger partial charge in [-0.25, -0.2) is 0 Å². The number of phenolic OH excluding ortho intramolecular Hbond substituents is 3. The Bertz CT molecular complexity index is 273. The molecule has 0 aliphatic carbocycles. The topological polar surface area (TPSA) is 86.7 Å². The van der Waals surface area contributed by atoms with E-state index in [1.54, 1.807) is 6.92 Å². The molecule has 0 aromatic heterocycles. The summed E-state index contributed by atoms with van der Waals surface area (Å²) in [5.41, 5.74) is 5.71. The Morgan fingerprint density at radius 2 is 1.58 bits per heavy atom. The summed E-state index contributed by atoms with van der Waals surface area (Å²) in [7, 11) is 0. The van der Waals surface area contributed by atoms with Gasteiger partial charge in [0.1, 0.15) is 17.2 Å². The van der Waals surface area contributed by atoms with Crippen molar-refractivity contribution in [3.63, 3.8) is 0 Å². The molecule has 0 amide bonds. The van der Waals surface area contributed by atoms with E-state index in [1.807, 2.05) is 0 Å². The molecule has 1 unspecified atom stereocenters.